The number of nitrogens with one attached hydrogen (secondary N) is 1. The van der Waals surface area contributed by atoms with Gasteiger partial charge in [0.25, 0.3) is 0 Å². The number of alkyl halides is 6. The molecule has 2 aromatic carbocycles. The van der Waals surface area contributed by atoms with Crippen LogP contribution in [-0.2, 0) is 44.5 Å². The zero-order chi connectivity index (χ0) is 53.7. The highest BCUT2D eigenvalue weighted by molar-refractivity contribution is 9.10. The Kier molecular flexibility index (Phi) is 18.5. The molecule has 21 heteroatoms. The lowest BCUT2D eigenvalue weighted by Crippen LogP contribution is -2.60. The SMILES string of the molecule is CC(C)(C)OC(=O)N1CCC2(CC1)CN(Cc1ccc(C(F)(F)F)cc1Br)C2.CC(C)(C)OC(=O)N1CCC2(CC1)CN(Cc1ccc(C(F)(F)F)cc1N1CCCCC1C(=O)O)C2.O=C(O)C1CCCCN1. The highest BCUT2D eigenvalue weighted by atomic mass is 79.9. The standard InChI is InChI=1S/C26H36F3N3O4.C20H26BrF3N2O2.C6H11NO2/c1-24(2,3)36-23(35)31-12-9-25(10-13-31)16-30(17-25)15-18-7-8-19(26(27,28)29)14-21(18)32-11-5-4-6-20(32)22(33)34;1-18(2,3)28-17(27)26-8-6-19(7-9-26)12-25(13-19)11-14-4-5-15(10-16(14)21)20(22,23)24;8-6(9)5-3-1-2-4-7-5/h7-8,14,20H,4-6,9-13,15-17H2,1-3H3,(H,33,34);4-5,10H,6-9,11-13H2,1-3H3;5,7H,1-4H2,(H,8,9). The van der Waals surface area contributed by atoms with Gasteiger partial charge in [0.2, 0.25) is 0 Å². The number of carboxylic acid groups (broad SMARTS) is 2. The summed E-state index contributed by atoms with van der Waals surface area (Å²) in [5, 5.41) is 21.1. The molecule has 0 radical (unpaired) electrons. The number of ether oxygens (including phenoxy) is 2. The van der Waals surface area contributed by atoms with Gasteiger partial charge in [-0.1, -0.05) is 34.5 Å². The zero-order valence-corrected chi connectivity index (χ0v) is 44.5. The summed E-state index contributed by atoms with van der Waals surface area (Å²) in [7, 11) is 0. The lowest BCUT2D eigenvalue weighted by atomic mass is 9.72. The second kappa shape index (κ2) is 23.3. The Hall–Kier alpha value is -4.34. The van der Waals surface area contributed by atoms with Crippen molar-refractivity contribution in [1.29, 1.82) is 0 Å². The Morgan fingerprint density at radius 2 is 1.08 bits per heavy atom. The quantitative estimate of drug-likeness (QED) is 0.226. The van der Waals surface area contributed by atoms with E-state index in [0.717, 1.165) is 126 Å². The van der Waals surface area contributed by atoms with Gasteiger partial charge in [0.1, 0.15) is 23.3 Å². The molecule has 2 amide bonds. The first-order valence-corrected chi connectivity index (χ1v) is 26.2. The van der Waals surface area contributed by atoms with Crippen LogP contribution >= 0.6 is 15.9 Å². The highest BCUT2D eigenvalue weighted by Crippen LogP contribution is 2.44. The number of nitrogens with zero attached hydrogens (tertiary/aromatic N) is 5. The molecular weight excluding hydrogens is 1030 g/mol. The van der Waals surface area contributed by atoms with Crippen molar-refractivity contribution in [3.05, 3.63) is 63.1 Å². The van der Waals surface area contributed by atoms with E-state index in [4.69, 9.17) is 14.6 Å². The fraction of sp³-hybridized carbons (Fsp3) is 0.692. The van der Waals surface area contributed by atoms with Crippen LogP contribution in [0.15, 0.2) is 40.9 Å². The molecule has 2 aromatic rings. The number of rotatable bonds is 7. The second-order valence-electron chi connectivity index (χ2n) is 22.8. The monoisotopic (exact) mass is 1100 g/mol. The number of likely N-dealkylation sites (tertiary alicyclic amines) is 4. The Balaban J connectivity index is 0.000000207. The molecule has 2 unspecified atom stereocenters. The summed E-state index contributed by atoms with van der Waals surface area (Å²) in [6.45, 7) is 19.5. The summed E-state index contributed by atoms with van der Waals surface area (Å²) < 4.78 is 90.3. The molecule has 0 aliphatic carbocycles. The fourth-order valence-corrected chi connectivity index (χ4v) is 11.2. The molecule has 6 fully saturated rings. The number of anilines is 1. The lowest BCUT2D eigenvalue weighted by Gasteiger charge is -2.54. The molecule has 8 rings (SSSR count). The zero-order valence-electron chi connectivity index (χ0n) is 42.9. The Labute approximate surface area is 433 Å². The number of benzene rings is 2. The van der Waals surface area contributed by atoms with E-state index in [1.807, 2.05) is 41.5 Å². The molecule has 3 N–H and O–H groups in total. The molecule has 0 aromatic heterocycles. The predicted octanol–water partition coefficient (Wildman–Crippen LogP) is 10.5. The summed E-state index contributed by atoms with van der Waals surface area (Å²) in [5.41, 5.74) is -0.176. The van der Waals surface area contributed by atoms with Crippen LogP contribution in [0.25, 0.3) is 0 Å². The number of carbonyl (C=O) groups is 4. The summed E-state index contributed by atoms with van der Waals surface area (Å²) in [4.78, 5) is 56.3. The number of aliphatic carboxylic acids is 2. The van der Waals surface area contributed by atoms with Crippen molar-refractivity contribution in [3.63, 3.8) is 0 Å². The van der Waals surface area contributed by atoms with Crippen LogP contribution in [0, 0.1) is 10.8 Å². The van der Waals surface area contributed by atoms with Gasteiger partial charge in [-0.2, -0.15) is 26.3 Å². The molecule has 6 saturated heterocycles. The van der Waals surface area contributed by atoms with Crippen LogP contribution in [0.1, 0.15) is 128 Å². The van der Waals surface area contributed by atoms with Crippen molar-refractivity contribution in [1.82, 2.24) is 24.9 Å². The summed E-state index contributed by atoms with van der Waals surface area (Å²) in [5.74, 6) is -1.72. The molecule has 0 bridgehead atoms. The van der Waals surface area contributed by atoms with Crippen molar-refractivity contribution in [2.45, 2.75) is 154 Å². The number of hydrogen-bond acceptors (Lipinski definition) is 10. The van der Waals surface area contributed by atoms with Gasteiger partial charge in [-0.3, -0.25) is 14.6 Å². The number of carbonyl (C=O) groups excluding carboxylic acids is 2. The molecule has 6 aliphatic heterocycles. The van der Waals surface area contributed by atoms with Gasteiger partial charge < -0.3 is 39.7 Å². The average Bonchev–Trinajstić information content (AvgIpc) is 3.28. The Morgan fingerprint density at radius 1 is 0.630 bits per heavy atom. The van der Waals surface area contributed by atoms with E-state index in [1.165, 1.54) is 6.07 Å². The number of hydrogen-bond donors (Lipinski definition) is 3. The summed E-state index contributed by atoms with van der Waals surface area (Å²) in [6, 6.07) is 6.43. The van der Waals surface area contributed by atoms with E-state index >= 15 is 0 Å². The van der Waals surface area contributed by atoms with E-state index in [-0.39, 0.29) is 29.1 Å². The second-order valence-corrected chi connectivity index (χ2v) is 23.6. The first kappa shape index (κ1) is 57.9. The normalized spacial score (nSPS) is 22.5. The van der Waals surface area contributed by atoms with Gasteiger partial charge in [0, 0.05) is 82.2 Å². The maximum absolute atomic E-state index is 13.5. The van der Waals surface area contributed by atoms with Crippen molar-refractivity contribution < 1.29 is 65.2 Å². The van der Waals surface area contributed by atoms with Crippen molar-refractivity contribution in [3.8, 4) is 0 Å². The highest BCUT2D eigenvalue weighted by Gasteiger charge is 2.48. The maximum Gasteiger partial charge on any atom is 0.416 e. The van der Waals surface area contributed by atoms with Crippen LogP contribution in [0.2, 0.25) is 0 Å². The molecule has 14 nitrogen and oxygen atoms in total. The van der Waals surface area contributed by atoms with Crippen molar-refractivity contribution in [2.75, 3.05) is 70.3 Å². The van der Waals surface area contributed by atoms with Crippen LogP contribution < -0.4 is 10.2 Å². The third-order valence-electron chi connectivity index (χ3n) is 14.5. The van der Waals surface area contributed by atoms with E-state index in [1.54, 1.807) is 20.8 Å². The van der Waals surface area contributed by atoms with E-state index in [0.29, 0.717) is 62.4 Å². The molecule has 2 atom stereocenters. The van der Waals surface area contributed by atoms with E-state index < -0.39 is 52.7 Å². The maximum atomic E-state index is 13.5. The van der Waals surface area contributed by atoms with Gasteiger partial charge in [0.15, 0.2) is 0 Å². The number of halogens is 7. The van der Waals surface area contributed by atoms with Gasteiger partial charge in [0.05, 0.1) is 11.1 Å². The molecule has 0 saturated carbocycles. The molecule has 2 spiro atoms. The molecule has 6 heterocycles. The fourth-order valence-electron chi connectivity index (χ4n) is 10.7. The van der Waals surface area contributed by atoms with Crippen molar-refractivity contribution in [2.24, 2.45) is 10.8 Å². The van der Waals surface area contributed by atoms with Gasteiger partial charge in [-0.15, -0.1) is 0 Å². The largest absolute Gasteiger partial charge is 0.480 e. The van der Waals surface area contributed by atoms with Crippen LogP contribution in [-0.4, -0.2) is 143 Å². The number of carboxylic acids is 2. The van der Waals surface area contributed by atoms with Crippen LogP contribution in [0.3, 0.4) is 0 Å². The number of piperidine rings is 4. The minimum atomic E-state index is -4.50. The third-order valence-corrected chi connectivity index (χ3v) is 15.2. The minimum absolute atomic E-state index is 0.0965. The van der Waals surface area contributed by atoms with Gasteiger partial charge >= 0.3 is 36.5 Å². The minimum Gasteiger partial charge on any atom is -0.480 e. The predicted molar refractivity (Wildman–Crippen MR) is 266 cm³/mol. The molecule has 408 valence electrons. The van der Waals surface area contributed by atoms with E-state index in [2.05, 4.69) is 31.0 Å². The van der Waals surface area contributed by atoms with Crippen molar-refractivity contribution >= 4 is 45.7 Å². The topological polar surface area (TPSA) is 155 Å². The van der Waals surface area contributed by atoms with E-state index in [9.17, 15) is 50.6 Å². The smallest absolute Gasteiger partial charge is 0.416 e. The Bertz CT molecular complexity index is 2230. The number of amides is 2. The average molecular weight is 1100 g/mol. The van der Waals surface area contributed by atoms with Gasteiger partial charge in [-0.05, 0) is 152 Å². The lowest BCUT2D eigenvalue weighted by molar-refractivity contribution is -0.140. The summed E-state index contributed by atoms with van der Waals surface area (Å²) in [6.07, 6.45) is -0.940. The van der Waals surface area contributed by atoms with Crippen LogP contribution in [0.5, 0.6) is 0 Å². The molecule has 6 aliphatic rings. The van der Waals surface area contributed by atoms with Gasteiger partial charge in [-0.25, -0.2) is 14.4 Å². The molecular formula is C52H73BrF6N6O8. The summed E-state index contributed by atoms with van der Waals surface area (Å²) >= 11 is 3.27. The Morgan fingerprint density at radius 3 is 1.48 bits per heavy atom. The van der Waals surface area contributed by atoms with Crippen LogP contribution in [0.4, 0.5) is 41.6 Å². The third kappa shape index (κ3) is 16.1. The molecule has 73 heavy (non-hydrogen) atoms. The first-order chi connectivity index (χ1) is 33.9. The first-order valence-electron chi connectivity index (χ1n) is 25.4.